The Morgan fingerprint density at radius 3 is 0.725 bits per heavy atom. The first-order chi connectivity index (χ1) is 39.5. The third-order valence-corrected chi connectivity index (χ3v) is 16.4. The molecule has 0 aliphatic carbocycles. The van der Waals surface area contributed by atoms with Crippen LogP contribution in [0.2, 0.25) is 0 Å². The van der Waals surface area contributed by atoms with Crippen LogP contribution in [-0.2, 0) is 28.6 Å². The third kappa shape index (κ3) is 66.4. The predicted octanol–water partition coefficient (Wildman–Crippen LogP) is 24.7. The first-order valence-corrected chi connectivity index (χ1v) is 36.0. The van der Waals surface area contributed by atoms with Crippen LogP contribution in [-0.4, -0.2) is 37.2 Å². The number of carbonyl (C=O) groups excluding carboxylic acids is 3. The van der Waals surface area contributed by atoms with Crippen LogP contribution in [0.5, 0.6) is 0 Å². The van der Waals surface area contributed by atoms with Crippen molar-refractivity contribution in [2.75, 3.05) is 13.2 Å². The molecule has 0 radical (unpaired) electrons. The Labute approximate surface area is 499 Å². The van der Waals surface area contributed by atoms with Crippen LogP contribution >= 0.6 is 0 Å². The lowest BCUT2D eigenvalue weighted by Crippen LogP contribution is -2.30. The van der Waals surface area contributed by atoms with Crippen molar-refractivity contribution in [2.45, 2.75) is 406 Å². The van der Waals surface area contributed by atoms with Gasteiger partial charge in [0.15, 0.2) is 6.10 Å². The van der Waals surface area contributed by atoms with Gasteiger partial charge in [-0.25, -0.2) is 0 Å². The number of carbonyl (C=O) groups is 3. The Kier molecular flexibility index (Phi) is 67.1. The molecule has 0 saturated heterocycles. The SMILES string of the molecule is CCCCC/C=C\CCCCCCCC(=O)OCC(COC(=O)CCCCCCCCCCCCCCCCCCC/C=C\C/C=C\CCCCCCC)OC(=O)CCCCCCCCCCCCCCCCCCCCCCC. The van der Waals surface area contributed by atoms with E-state index in [-0.39, 0.29) is 31.1 Å². The predicted molar refractivity (Wildman–Crippen MR) is 349 cm³/mol. The molecule has 0 heterocycles. The normalized spacial score (nSPS) is 12.2. The number of hydrogen-bond acceptors (Lipinski definition) is 6. The zero-order valence-corrected chi connectivity index (χ0v) is 54.1. The second-order valence-electron chi connectivity index (χ2n) is 24.5. The Morgan fingerprint density at radius 2 is 0.450 bits per heavy atom. The van der Waals surface area contributed by atoms with Crippen molar-refractivity contribution in [1.82, 2.24) is 0 Å². The minimum Gasteiger partial charge on any atom is -0.462 e. The van der Waals surface area contributed by atoms with Crippen molar-refractivity contribution in [3.63, 3.8) is 0 Å². The fourth-order valence-corrected chi connectivity index (χ4v) is 10.9. The summed E-state index contributed by atoms with van der Waals surface area (Å²) in [7, 11) is 0. The van der Waals surface area contributed by atoms with Gasteiger partial charge in [-0.2, -0.15) is 0 Å². The molecule has 0 amide bonds. The van der Waals surface area contributed by atoms with Gasteiger partial charge in [0.1, 0.15) is 13.2 Å². The van der Waals surface area contributed by atoms with Crippen LogP contribution in [0.4, 0.5) is 0 Å². The topological polar surface area (TPSA) is 78.9 Å². The molecule has 1 unspecified atom stereocenters. The Morgan fingerprint density at radius 1 is 0.250 bits per heavy atom. The molecule has 0 aromatic carbocycles. The van der Waals surface area contributed by atoms with Gasteiger partial charge in [-0.15, -0.1) is 0 Å². The van der Waals surface area contributed by atoms with E-state index in [4.69, 9.17) is 14.2 Å². The van der Waals surface area contributed by atoms with E-state index < -0.39 is 6.10 Å². The number of esters is 3. The van der Waals surface area contributed by atoms with Gasteiger partial charge >= 0.3 is 17.9 Å². The molecule has 470 valence electrons. The monoisotopic (exact) mass is 1120 g/mol. The molecule has 6 nitrogen and oxygen atoms in total. The lowest BCUT2D eigenvalue weighted by atomic mass is 10.0. The summed E-state index contributed by atoms with van der Waals surface area (Å²) in [5.74, 6) is -0.849. The zero-order valence-electron chi connectivity index (χ0n) is 54.1. The number of rotatable bonds is 67. The molecule has 0 aromatic rings. The van der Waals surface area contributed by atoms with Gasteiger partial charge in [0.25, 0.3) is 0 Å². The van der Waals surface area contributed by atoms with Gasteiger partial charge in [-0.1, -0.05) is 340 Å². The van der Waals surface area contributed by atoms with Crippen molar-refractivity contribution in [2.24, 2.45) is 0 Å². The highest BCUT2D eigenvalue weighted by Gasteiger charge is 2.19. The van der Waals surface area contributed by atoms with Crippen LogP contribution in [0.25, 0.3) is 0 Å². The molecule has 0 aliphatic rings. The molecule has 1 atom stereocenters. The summed E-state index contributed by atoms with van der Waals surface area (Å²) in [5.41, 5.74) is 0. The van der Waals surface area contributed by atoms with E-state index in [2.05, 4.69) is 57.2 Å². The molecule has 0 N–H and O–H groups in total. The molecule has 6 heteroatoms. The van der Waals surface area contributed by atoms with Gasteiger partial charge in [-0.05, 0) is 77.0 Å². The lowest BCUT2D eigenvalue weighted by Gasteiger charge is -2.18. The fourth-order valence-electron chi connectivity index (χ4n) is 10.9. The highest BCUT2D eigenvalue weighted by atomic mass is 16.6. The van der Waals surface area contributed by atoms with E-state index in [9.17, 15) is 14.4 Å². The van der Waals surface area contributed by atoms with Crippen LogP contribution in [0.3, 0.4) is 0 Å². The second kappa shape index (κ2) is 69.1. The van der Waals surface area contributed by atoms with Crippen molar-refractivity contribution in [3.05, 3.63) is 36.5 Å². The summed E-state index contributed by atoms with van der Waals surface area (Å²) in [6, 6.07) is 0. The number of ether oxygens (including phenoxy) is 3. The summed E-state index contributed by atoms with van der Waals surface area (Å²) in [6.45, 7) is 6.67. The van der Waals surface area contributed by atoms with E-state index in [0.717, 1.165) is 70.6 Å². The average Bonchev–Trinajstić information content (AvgIpc) is 3.46. The maximum Gasteiger partial charge on any atom is 0.306 e. The van der Waals surface area contributed by atoms with E-state index >= 15 is 0 Å². The average molecular weight is 1120 g/mol. The molecule has 0 rings (SSSR count). The summed E-state index contributed by atoms with van der Waals surface area (Å²) in [4.78, 5) is 38.4. The molecule has 0 aliphatic heterocycles. The highest BCUT2D eigenvalue weighted by molar-refractivity contribution is 5.71. The Hall–Kier alpha value is -2.37. The van der Waals surface area contributed by atoms with Crippen molar-refractivity contribution >= 4 is 17.9 Å². The van der Waals surface area contributed by atoms with Gasteiger partial charge in [-0.3, -0.25) is 14.4 Å². The van der Waals surface area contributed by atoms with Gasteiger partial charge < -0.3 is 14.2 Å². The van der Waals surface area contributed by atoms with Gasteiger partial charge in [0.2, 0.25) is 0 Å². The third-order valence-electron chi connectivity index (χ3n) is 16.4. The molecule has 0 bridgehead atoms. The minimum atomic E-state index is -0.773. The fraction of sp³-hybridized carbons (Fsp3) is 0.878. The van der Waals surface area contributed by atoms with Crippen LogP contribution in [0, 0.1) is 0 Å². The molecule has 0 spiro atoms. The van der Waals surface area contributed by atoms with E-state index in [1.54, 1.807) is 0 Å². The lowest BCUT2D eigenvalue weighted by molar-refractivity contribution is -0.167. The van der Waals surface area contributed by atoms with Crippen LogP contribution < -0.4 is 0 Å². The maximum atomic E-state index is 12.9. The summed E-state index contributed by atoms with van der Waals surface area (Å²) >= 11 is 0. The number of unbranched alkanes of at least 4 members (excludes halogenated alkanes) is 50. The van der Waals surface area contributed by atoms with Crippen molar-refractivity contribution in [1.29, 1.82) is 0 Å². The maximum absolute atomic E-state index is 12.9. The number of hydrogen-bond donors (Lipinski definition) is 0. The van der Waals surface area contributed by atoms with Gasteiger partial charge in [0.05, 0.1) is 0 Å². The van der Waals surface area contributed by atoms with Crippen LogP contribution in [0.1, 0.15) is 400 Å². The van der Waals surface area contributed by atoms with Gasteiger partial charge in [0, 0.05) is 19.3 Å². The van der Waals surface area contributed by atoms with Crippen molar-refractivity contribution in [3.8, 4) is 0 Å². The first kappa shape index (κ1) is 77.6. The van der Waals surface area contributed by atoms with Crippen LogP contribution in [0.15, 0.2) is 36.5 Å². The molecule has 0 aromatic heterocycles. The number of allylic oxidation sites excluding steroid dienone is 6. The molecular weight excluding hydrogens is 985 g/mol. The summed E-state index contributed by atoms with van der Waals surface area (Å²) < 4.78 is 17.0. The second-order valence-corrected chi connectivity index (χ2v) is 24.5. The largest absolute Gasteiger partial charge is 0.462 e. The Balaban J connectivity index is 4.16. The first-order valence-electron chi connectivity index (χ1n) is 36.0. The smallest absolute Gasteiger partial charge is 0.306 e. The van der Waals surface area contributed by atoms with E-state index in [0.29, 0.717) is 19.3 Å². The van der Waals surface area contributed by atoms with Crippen molar-refractivity contribution < 1.29 is 28.6 Å². The zero-order chi connectivity index (χ0) is 57.8. The quantitative estimate of drug-likeness (QED) is 0.0261. The summed E-state index contributed by atoms with van der Waals surface area (Å²) in [6.07, 6.45) is 86.1. The van der Waals surface area contributed by atoms with E-state index in [1.165, 1.54) is 289 Å². The molecule has 80 heavy (non-hydrogen) atoms. The molecular formula is C74H138O6. The standard InChI is InChI=1S/C74H138O6/c1-4-7-10-13-16-19-22-25-27-29-31-33-34-35-36-37-38-39-40-42-43-45-47-49-52-55-58-61-64-67-73(76)79-70-71(69-78-72(75)66-63-60-57-54-51-24-21-18-15-12-9-6-3)80-74(77)68-65-62-59-56-53-50-48-46-44-41-32-30-28-26-23-20-17-14-11-8-5-2/h18,21-22,25,29,31,71H,4-17,19-20,23-24,26-28,30,32-70H2,1-3H3/b21-18-,25-22-,31-29-. The highest BCUT2D eigenvalue weighted by Crippen LogP contribution is 2.19. The Bertz CT molecular complexity index is 1340. The summed E-state index contributed by atoms with van der Waals surface area (Å²) in [5, 5.41) is 0. The minimum absolute atomic E-state index is 0.0689. The molecule has 0 saturated carbocycles. The van der Waals surface area contributed by atoms with E-state index in [1.807, 2.05) is 0 Å². The molecule has 0 fully saturated rings.